The molecule has 0 aromatic heterocycles. The predicted molar refractivity (Wildman–Crippen MR) is 118 cm³/mol. The molecule has 0 spiro atoms. The number of ether oxygens (including phenoxy) is 1. The van der Waals surface area contributed by atoms with Gasteiger partial charge in [0.2, 0.25) is 11.8 Å². The van der Waals surface area contributed by atoms with Crippen molar-refractivity contribution in [3.8, 4) is 11.5 Å². The average molecular weight is 433 g/mol. The maximum Gasteiger partial charge on any atom is 0.247 e. The number of carbonyl (C=O) groups is 2. The standard InChI is InChI=1S/C25H24FN3O3/c1-25(24(27)31,28-23(30)16-29-14-17-4-2-3-5-18(17)15-29)19-6-10-21(11-7-19)32-22-12-8-20(26)9-13-22/h2-13H,14-16H2,1H3,(H2,27,31)(H,28,30). The largest absolute Gasteiger partial charge is 0.457 e. The fraction of sp³-hybridized carbons (Fsp3) is 0.200. The van der Waals surface area contributed by atoms with Gasteiger partial charge in [0.15, 0.2) is 0 Å². The van der Waals surface area contributed by atoms with Crippen LogP contribution in [0.2, 0.25) is 0 Å². The van der Waals surface area contributed by atoms with E-state index in [4.69, 9.17) is 10.5 Å². The number of nitrogens with two attached hydrogens (primary N) is 1. The van der Waals surface area contributed by atoms with E-state index in [1.54, 1.807) is 31.2 Å². The van der Waals surface area contributed by atoms with Crippen LogP contribution in [0, 0.1) is 5.82 Å². The molecule has 1 aliphatic heterocycles. The van der Waals surface area contributed by atoms with Crippen LogP contribution in [0.4, 0.5) is 4.39 Å². The second-order valence-electron chi connectivity index (χ2n) is 8.03. The van der Waals surface area contributed by atoms with Gasteiger partial charge < -0.3 is 15.8 Å². The molecular formula is C25H24FN3O3. The van der Waals surface area contributed by atoms with Crippen molar-refractivity contribution < 1.29 is 18.7 Å². The first-order valence-electron chi connectivity index (χ1n) is 10.3. The van der Waals surface area contributed by atoms with Gasteiger partial charge in [-0.1, -0.05) is 36.4 Å². The molecule has 32 heavy (non-hydrogen) atoms. The lowest BCUT2D eigenvalue weighted by Gasteiger charge is -2.29. The van der Waals surface area contributed by atoms with E-state index in [2.05, 4.69) is 17.4 Å². The molecule has 0 fully saturated rings. The second kappa shape index (κ2) is 8.80. The highest BCUT2D eigenvalue weighted by molar-refractivity contribution is 5.91. The average Bonchev–Trinajstić information content (AvgIpc) is 3.17. The van der Waals surface area contributed by atoms with Crippen molar-refractivity contribution in [1.29, 1.82) is 0 Å². The van der Waals surface area contributed by atoms with Crippen LogP contribution in [0.25, 0.3) is 0 Å². The first-order chi connectivity index (χ1) is 15.3. The Morgan fingerprint density at radius 3 is 2.03 bits per heavy atom. The van der Waals surface area contributed by atoms with Gasteiger partial charge in [-0.3, -0.25) is 14.5 Å². The molecule has 4 rings (SSSR count). The van der Waals surface area contributed by atoms with Crippen LogP contribution in [0.15, 0.2) is 72.8 Å². The van der Waals surface area contributed by atoms with Crippen LogP contribution in [0.1, 0.15) is 23.6 Å². The minimum Gasteiger partial charge on any atom is -0.457 e. The maximum atomic E-state index is 13.0. The van der Waals surface area contributed by atoms with Crippen molar-refractivity contribution >= 4 is 11.8 Å². The fourth-order valence-corrected chi connectivity index (χ4v) is 3.81. The summed E-state index contributed by atoms with van der Waals surface area (Å²) in [5.41, 5.74) is 7.24. The van der Waals surface area contributed by atoms with Crippen LogP contribution in [-0.2, 0) is 28.2 Å². The Morgan fingerprint density at radius 1 is 0.969 bits per heavy atom. The molecule has 0 radical (unpaired) electrons. The Hall–Kier alpha value is -3.71. The number of carbonyl (C=O) groups excluding carboxylic acids is 2. The molecule has 3 aromatic rings. The third-order valence-corrected chi connectivity index (χ3v) is 5.64. The second-order valence-corrected chi connectivity index (χ2v) is 8.03. The topological polar surface area (TPSA) is 84.7 Å². The molecule has 7 heteroatoms. The van der Waals surface area contributed by atoms with E-state index in [-0.39, 0.29) is 18.3 Å². The minimum atomic E-state index is -1.38. The molecule has 3 aromatic carbocycles. The minimum absolute atomic E-state index is 0.156. The summed E-state index contributed by atoms with van der Waals surface area (Å²) >= 11 is 0. The quantitative estimate of drug-likeness (QED) is 0.598. The van der Waals surface area contributed by atoms with E-state index >= 15 is 0 Å². The lowest BCUT2D eigenvalue weighted by atomic mass is 9.91. The number of benzene rings is 3. The number of nitrogens with one attached hydrogen (secondary N) is 1. The van der Waals surface area contributed by atoms with Crippen molar-refractivity contribution in [2.45, 2.75) is 25.6 Å². The SMILES string of the molecule is CC(NC(=O)CN1Cc2ccccc2C1)(C(N)=O)c1ccc(Oc2ccc(F)cc2)cc1. The van der Waals surface area contributed by atoms with Crippen molar-refractivity contribution in [3.63, 3.8) is 0 Å². The monoisotopic (exact) mass is 433 g/mol. The third kappa shape index (κ3) is 4.63. The van der Waals surface area contributed by atoms with Crippen LogP contribution in [0.3, 0.4) is 0 Å². The van der Waals surface area contributed by atoms with Gasteiger partial charge in [0.1, 0.15) is 22.9 Å². The van der Waals surface area contributed by atoms with Gasteiger partial charge in [0.25, 0.3) is 0 Å². The van der Waals surface area contributed by atoms with E-state index in [0.717, 1.165) is 0 Å². The summed E-state index contributed by atoms with van der Waals surface area (Å²) < 4.78 is 18.7. The summed E-state index contributed by atoms with van der Waals surface area (Å²) in [7, 11) is 0. The van der Waals surface area contributed by atoms with Crippen molar-refractivity contribution in [2.75, 3.05) is 6.54 Å². The maximum absolute atomic E-state index is 13.0. The molecule has 0 saturated carbocycles. The molecule has 3 N–H and O–H groups in total. The zero-order valence-electron chi connectivity index (χ0n) is 17.7. The zero-order chi connectivity index (χ0) is 22.7. The number of fused-ring (bicyclic) bond motifs is 1. The van der Waals surface area contributed by atoms with Gasteiger partial charge in [-0.25, -0.2) is 4.39 Å². The van der Waals surface area contributed by atoms with E-state index in [1.165, 1.54) is 35.4 Å². The summed E-state index contributed by atoms with van der Waals surface area (Å²) in [4.78, 5) is 27.1. The van der Waals surface area contributed by atoms with E-state index in [0.29, 0.717) is 30.2 Å². The predicted octanol–water partition coefficient (Wildman–Crippen LogP) is 3.45. The molecule has 1 atom stereocenters. The lowest BCUT2D eigenvalue weighted by Crippen LogP contribution is -2.54. The smallest absolute Gasteiger partial charge is 0.247 e. The molecule has 0 saturated heterocycles. The summed E-state index contributed by atoms with van der Waals surface area (Å²) in [5.74, 6) is -0.308. The highest BCUT2D eigenvalue weighted by atomic mass is 19.1. The summed E-state index contributed by atoms with van der Waals surface area (Å²) in [5, 5.41) is 2.80. The Bertz CT molecular complexity index is 1110. The molecule has 1 aliphatic rings. The number of amides is 2. The van der Waals surface area contributed by atoms with Gasteiger partial charge in [0.05, 0.1) is 6.54 Å². The van der Waals surface area contributed by atoms with Gasteiger partial charge in [0, 0.05) is 13.1 Å². The Morgan fingerprint density at radius 2 is 1.50 bits per heavy atom. The first-order valence-corrected chi connectivity index (χ1v) is 10.3. The van der Waals surface area contributed by atoms with Gasteiger partial charge in [-0.05, 0) is 60.0 Å². The van der Waals surface area contributed by atoms with Crippen molar-refractivity contribution in [3.05, 3.63) is 95.3 Å². The Labute approximate surface area is 185 Å². The molecule has 0 aliphatic carbocycles. The van der Waals surface area contributed by atoms with E-state index < -0.39 is 11.4 Å². The number of primary amides is 1. The Kier molecular flexibility index (Phi) is 5.92. The van der Waals surface area contributed by atoms with Gasteiger partial charge in [-0.15, -0.1) is 0 Å². The number of halogens is 1. The Balaban J connectivity index is 1.43. The van der Waals surface area contributed by atoms with Crippen molar-refractivity contribution in [1.82, 2.24) is 10.2 Å². The summed E-state index contributed by atoms with van der Waals surface area (Å²) in [6.45, 7) is 3.11. The van der Waals surface area contributed by atoms with Crippen LogP contribution in [0.5, 0.6) is 11.5 Å². The normalized spacial score (nSPS) is 14.9. The summed E-state index contributed by atoms with van der Waals surface area (Å²) in [6, 6.07) is 20.4. The molecule has 164 valence electrons. The third-order valence-electron chi connectivity index (χ3n) is 5.64. The first kappa shape index (κ1) is 21.5. The van der Waals surface area contributed by atoms with Gasteiger partial charge >= 0.3 is 0 Å². The molecule has 0 bridgehead atoms. The highest BCUT2D eigenvalue weighted by Gasteiger charge is 2.35. The molecule has 1 unspecified atom stereocenters. The number of rotatable bonds is 7. The molecule has 6 nitrogen and oxygen atoms in total. The van der Waals surface area contributed by atoms with Crippen LogP contribution in [-0.4, -0.2) is 23.3 Å². The zero-order valence-corrected chi connectivity index (χ0v) is 17.7. The van der Waals surface area contributed by atoms with Crippen molar-refractivity contribution in [2.24, 2.45) is 5.73 Å². The highest BCUT2D eigenvalue weighted by Crippen LogP contribution is 2.27. The van der Waals surface area contributed by atoms with Crippen LogP contribution >= 0.6 is 0 Å². The number of hydrogen-bond donors (Lipinski definition) is 2. The molecular weight excluding hydrogens is 409 g/mol. The van der Waals surface area contributed by atoms with Gasteiger partial charge in [-0.2, -0.15) is 0 Å². The lowest BCUT2D eigenvalue weighted by molar-refractivity contribution is -0.132. The fourth-order valence-electron chi connectivity index (χ4n) is 3.81. The number of hydrogen-bond acceptors (Lipinski definition) is 4. The molecule has 2 amide bonds. The van der Waals surface area contributed by atoms with E-state index in [1.807, 2.05) is 17.0 Å². The van der Waals surface area contributed by atoms with Crippen LogP contribution < -0.4 is 15.8 Å². The number of nitrogens with zero attached hydrogens (tertiary/aromatic N) is 1. The molecule has 1 heterocycles. The summed E-state index contributed by atoms with van der Waals surface area (Å²) in [6.07, 6.45) is 0. The van der Waals surface area contributed by atoms with E-state index in [9.17, 15) is 14.0 Å².